The van der Waals surface area contributed by atoms with E-state index in [-0.39, 0.29) is 5.91 Å². The molecule has 2 N–H and O–H groups in total. The minimum atomic E-state index is -0.116. The van der Waals surface area contributed by atoms with Crippen LogP contribution in [0.3, 0.4) is 0 Å². The second kappa shape index (κ2) is 9.08. The number of amides is 1. The highest BCUT2D eigenvalue weighted by Crippen LogP contribution is 2.22. The Morgan fingerprint density at radius 1 is 0.867 bits per heavy atom. The lowest BCUT2D eigenvalue weighted by Gasteiger charge is -2.22. The van der Waals surface area contributed by atoms with Crippen LogP contribution in [0.4, 0.5) is 11.6 Å². The summed E-state index contributed by atoms with van der Waals surface area (Å²) in [5, 5.41) is 6.41. The van der Waals surface area contributed by atoms with E-state index in [1.165, 1.54) is 32.1 Å². The molecule has 1 saturated carbocycles. The minimum Gasteiger partial charge on any atom is -0.351 e. The third-order valence-electron chi connectivity index (χ3n) is 5.55. The molecule has 0 spiro atoms. The van der Waals surface area contributed by atoms with E-state index in [0.29, 0.717) is 17.6 Å². The van der Waals surface area contributed by atoms with E-state index >= 15 is 0 Å². The monoisotopic (exact) mass is 400 g/mol. The number of rotatable bonds is 5. The summed E-state index contributed by atoms with van der Waals surface area (Å²) in [5.41, 5.74) is 5.61. The van der Waals surface area contributed by atoms with Crippen molar-refractivity contribution >= 4 is 17.5 Å². The molecule has 1 aromatic heterocycles. The molecule has 5 heteroatoms. The summed E-state index contributed by atoms with van der Waals surface area (Å²) in [6.07, 6.45) is 9.94. The smallest absolute Gasteiger partial charge is 0.255 e. The van der Waals surface area contributed by atoms with Gasteiger partial charge in [0.1, 0.15) is 0 Å². The molecule has 1 amide bonds. The number of nitrogens with zero attached hydrogens (tertiary/aromatic N) is 2. The minimum absolute atomic E-state index is 0.116. The van der Waals surface area contributed by atoms with E-state index in [9.17, 15) is 4.79 Å². The maximum atomic E-state index is 12.6. The average Bonchev–Trinajstić information content (AvgIpc) is 2.74. The van der Waals surface area contributed by atoms with Gasteiger partial charge in [0.25, 0.3) is 5.91 Å². The molecule has 0 bridgehead atoms. The van der Waals surface area contributed by atoms with E-state index < -0.39 is 0 Å². The lowest BCUT2D eigenvalue weighted by atomic mass is 9.96. The summed E-state index contributed by atoms with van der Waals surface area (Å²) in [7, 11) is 0. The zero-order valence-electron chi connectivity index (χ0n) is 17.6. The average molecular weight is 401 g/mol. The van der Waals surface area contributed by atoms with E-state index in [4.69, 9.17) is 0 Å². The second-order valence-corrected chi connectivity index (χ2v) is 8.18. The van der Waals surface area contributed by atoms with Crippen molar-refractivity contribution in [3.05, 3.63) is 71.5 Å². The predicted octanol–water partition coefficient (Wildman–Crippen LogP) is 5.76. The van der Waals surface area contributed by atoms with E-state index in [0.717, 1.165) is 27.9 Å². The van der Waals surface area contributed by atoms with Gasteiger partial charge in [-0.15, -0.1) is 0 Å². The van der Waals surface area contributed by atoms with E-state index in [2.05, 4.69) is 26.7 Å². The summed E-state index contributed by atoms with van der Waals surface area (Å²) in [6, 6.07) is 14.1. The summed E-state index contributed by atoms with van der Waals surface area (Å²) >= 11 is 0. The van der Waals surface area contributed by atoms with Crippen molar-refractivity contribution < 1.29 is 4.79 Å². The number of aryl methyl sites for hydroxylation is 2. The van der Waals surface area contributed by atoms with Gasteiger partial charge >= 0.3 is 0 Å². The van der Waals surface area contributed by atoms with Crippen LogP contribution in [0.5, 0.6) is 0 Å². The quantitative estimate of drug-likeness (QED) is 0.572. The Morgan fingerprint density at radius 2 is 1.50 bits per heavy atom. The van der Waals surface area contributed by atoms with Crippen molar-refractivity contribution in [3.63, 3.8) is 0 Å². The van der Waals surface area contributed by atoms with Gasteiger partial charge in [0, 0.05) is 35.2 Å². The molecule has 0 saturated heterocycles. The highest BCUT2D eigenvalue weighted by atomic mass is 16.1. The van der Waals surface area contributed by atoms with Gasteiger partial charge in [-0.3, -0.25) is 4.79 Å². The molecule has 2 aromatic carbocycles. The number of carbonyl (C=O) groups excluding carboxylic acids is 1. The highest BCUT2D eigenvalue weighted by Gasteiger charge is 2.14. The number of benzene rings is 2. The first-order chi connectivity index (χ1) is 14.6. The van der Waals surface area contributed by atoms with Gasteiger partial charge in [0.2, 0.25) is 5.95 Å². The van der Waals surface area contributed by atoms with Crippen LogP contribution in [-0.2, 0) is 0 Å². The number of nitrogens with one attached hydrogen (secondary N) is 2. The standard InChI is InChI=1S/C25H28N4O/c1-17-12-18(2)14-23(13-17)28-24(30)20-10-8-19(9-11-20)21-15-26-25(27-16-21)29-22-6-4-3-5-7-22/h8-16,22H,3-7H2,1-2H3,(H,28,30)(H,26,27,29). The van der Waals surface area contributed by atoms with Crippen LogP contribution in [0.25, 0.3) is 11.1 Å². The van der Waals surface area contributed by atoms with Crippen molar-refractivity contribution in [1.82, 2.24) is 9.97 Å². The molecule has 154 valence electrons. The number of anilines is 2. The Hall–Kier alpha value is -3.21. The molecular formula is C25H28N4O. The van der Waals surface area contributed by atoms with E-state index in [1.54, 1.807) is 0 Å². The molecule has 0 atom stereocenters. The predicted molar refractivity (Wildman–Crippen MR) is 122 cm³/mol. The molecule has 1 aliphatic rings. The van der Waals surface area contributed by atoms with Crippen LogP contribution in [0.2, 0.25) is 0 Å². The van der Waals surface area contributed by atoms with Gasteiger partial charge in [-0.25, -0.2) is 9.97 Å². The lowest BCUT2D eigenvalue weighted by molar-refractivity contribution is 0.102. The zero-order chi connectivity index (χ0) is 20.9. The molecule has 0 aliphatic heterocycles. The normalized spacial score (nSPS) is 14.3. The van der Waals surface area contributed by atoms with Gasteiger partial charge in [-0.1, -0.05) is 37.5 Å². The Balaban J connectivity index is 1.40. The Kier molecular flexibility index (Phi) is 6.07. The van der Waals surface area contributed by atoms with Gasteiger partial charge in [0.15, 0.2) is 0 Å². The lowest BCUT2D eigenvalue weighted by Crippen LogP contribution is -2.23. The van der Waals surface area contributed by atoms with Crippen LogP contribution < -0.4 is 10.6 Å². The van der Waals surface area contributed by atoms with Gasteiger partial charge in [-0.2, -0.15) is 0 Å². The SMILES string of the molecule is Cc1cc(C)cc(NC(=O)c2ccc(-c3cnc(NC4CCCCC4)nc3)cc2)c1. The molecule has 3 aromatic rings. The first kappa shape index (κ1) is 20.1. The summed E-state index contributed by atoms with van der Waals surface area (Å²) in [5.74, 6) is 0.574. The fraction of sp³-hybridized carbons (Fsp3) is 0.320. The molecule has 1 heterocycles. The fourth-order valence-electron chi connectivity index (χ4n) is 4.05. The van der Waals surface area contributed by atoms with Gasteiger partial charge in [0.05, 0.1) is 0 Å². The molecule has 1 fully saturated rings. The fourth-order valence-corrected chi connectivity index (χ4v) is 4.05. The van der Waals surface area contributed by atoms with E-state index in [1.807, 2.05) is 62.6 Å². The second-order valence-electron chi connectivity index (χ2n) is 8.18. The van der Waals surface area contributed by atoms with Crippen molar-refractivity contribution in [2.45, 2.75) is 52.0 Å². The number of aromatic nitrogens is 2. The Bertz CT molecular complexity index is 986. The summed E-state index contributed by atoms with van der Waals surface area (Å²) in [4.78, 5) is 21.5. The van der Waals surface area contributed by atoms with Crippen LogP contribution in [0, 0.1) is 13.8 Å². The van der Waals surface area contributed by atoms with Crippen molar-refractivity contribution in [1.29, 1.82) is 0 Å². The summed E-state index contributed by atoms with van der Waals surface area (Å²) < 4.78 is 0. The van der Waals surface area contributed by atoms with Crippen LogP contribution in [0.1, 0.15) is 53.6 Å². The number of hydrogen-bond acceptors (Lipinski definition) is 4. The number of hydrogen-bond donors (Lipinski definition) is 2. The van der Waals surface area contributed by atoms with Gasteiger partial charge in [-0.05, 0) is 67.6 Å². The molecule has 4 rings (SSSR count). The molecular weight excluding hydrogens is 372 g/mol. The molecule has 5 nitrogen and oxygen atoms in total. The Labute approximate surface area is 178 Å². The zero-order valence-corrected chi connectivity index (χ0v) is 17.6. The maximum Gasteiger partial charge on any atom is 0.255 e. The Morgan fingerprint density at radius 3 is 2.13 bits per heavy atom. The summed E-state index contributed by atoms with van der Waals surface area (Å²) in [6.45, 7) is 4.05. The van der Waals surface area contributed by atoms with Crippen LogP contribution >= 0.6 is 0 Å². The number of carbonyl (C=O) groups is 1. The highest BCUT2D eigenvalue weighted by molar-refractivity contribution is 6.04. The first-order valence-electron chi connectivity index (χ1n) is 10.7. The van der Waals surface area contributed by atoms with Crippen molar-refractivity contribution in [3.8, 4) is 11.1 Å². The third-order valence-corrected chi connectivity index (χ3v) is 5.55. The molecule has 1 aliphatic carbocycles. The first-order valence-corrected chi connectivity index (χ1v) is 10.7. The van der Waals surface area contributed by atoms with Crippen LogP contribution in [0.15, 0.2) is 54.9 Å². The third kappa shape index (κ3) is 5.03. The largest absolute Gasteiger partial charge is 0.351 e. The van der Waals surface area contributed by atoms with Crippen molar-refractivity contribution in [2.75, 3.05) is 10.6 Å². The molecule has 0 unspecified atom stereocenters. The molecule has 0 radical (unpaired) electrons. The molecule has 30 heavy (non-hydrogen) atoms. The van der Waals surface area contributed by atoms with Gasteiger partial charge < -0.3 is 10.6 Å². The maximum absolute atomic E-state index is 12.6. The topological polar surface area (TPSA) is 66.9 Å². The van der Waals surface area contributed by atoms with Crippen molar-refractivity contribution in [2.24, 2.45) is 0 Å². The van der Waals surface area contributed by atoms with Crippen LogP contribution in [-0.4, -0.2) is 21.9 Å².